The summed E-state index contributed by atoms with van der Waals surface area (Å²) in [6.07, 6.45) is 5.28. The van der Waals surface area contributed by atoms with Gasteiger partial charge in [-0.25, -0.2) is 0 Å². The highest BCUT2D eigenvalue weighted by Gasteiger charge is 2.04. The fraction of sp³-hybridized carbons (Fsp3) is 0.353. The number of benzene rings is 1. The second-order valence-electron chi connectivity index (χ2n) is 5.25. The van der Waals surface area contributed by atoms with Gasteiger partial charge in [-0.2, -0.15) is 0 Å². The fourth-order valence-corrected chi connectivity index (χ4v) is 2.66. The van der Waals surface area contributed by atoms with Crippen LogP contribution in [0.5, 0.6) is 0 Å². The van der Waals surface area contributed by atoms with Crippen molar-refractivity contribution in [3.05, 3.63) is 62.5 Å². The third kappa shape index (κ3) is 4.79. The molecule has 0 saturated carbocycles. The number of nitrogens with one attached hydrogen (secondary N) is 1. The highest BCUT2D eigenvalue weighted by Crippen LogP contribution is 2.21. The maximum absolute atomic E-state index is 12.2. The summed E-state index contributed by atoms with van der Waals surface area (Å²) >= 11 is 12.0. The Morgan fingerprint density at radius 1 is 1.14 bits per heavy atom. The number of hydrogen-bond donors (Lipinski definition) is 1. The van der Waals surface area contributed by atoms with Crippen molar-refractivity contribution in [3.8, 4) is 0 Å². The van der Waals surface area contributed by atoms with Gasteiger partial charge in [-0.15, -0.1) is 0 Å². The lowest BCUT2D eigenvalue weighted by atomic mass is 10.2. The average Bonchev–Trinajstić information content (AvgIpc) is 2.49. The van der Waals surface area contributed by atoms with E-state index in [9.17, 15) is 4.79 Å². The van der Waals surface area contributed by atoms with Crippen LogP contribution in [-0.2, 0) is 6.54 Å². The van der Waals surface area contributed by atoms with Gasteiger partial charge in [0.1, 0.15) is 0 Å². The summed E-state index contributed by atoms with van der Waals surface area (Å²) in [6, 6.07) is 8.84. The lowest BCUT2D eigenvalue weighted by Gasteiger charge is -2.10. The Morgan fingerprint density at radius 2 is 1.95 bits per heavy atom. The summed E-state index contributed by atoms with van der Waals surface area (Å²) in [5.41, 5.74) is 1.68. The average molecular weight is 339 g/mol. The van der Waals surface area contributed by atoms with E-state index in [2.05, 4.69) is 12.2 Å². The van der Waals surface area contributed by atoms with Gasteiger partial charge in [0.05, 0.1) is 6.54 Å². The molecule has 2 aromatic rings. The van der Waals surface area contributed by atoms with E-state index in [1.165, 1.54) is 12.8 Å². The number of nitrogens with zero attached hydrogens (tertiary/aromatic N) is 1. The normalized spacial score (nSPS) is 10.7. The van der Waals surface area contributed by atoms with E-state index < -0.39 is 0 Å². The Morgan fingerprint density at radius 3 is 2.64 bits per heavy atom. The Hall–Kier alpha value is -1.45. The van der Waals surface area contributed by atoms with Crippen molar-refractivity contribution in [2.24, 2.45) is 0 Å². The second-order valence-corrected chi connectivity index (χ2v) is 6.09. The van der Waals surface area contributed by atoms with Crippen LogP contribution in [0.3, 0.4) is 0 Å². The first kappa shape index (κ1) is 16.9. The lowest BCUT2D eigenvalue weighted by Crippen LogP contribution is -2.20. The van der Waals surface area contributed by atoms with Gasteiger partial charge in [0.25, 0.3) is 5.56 Å². The van der Waals surface area contributed by atoms with Crippen molar-refractivity contribution in [2.45, 2.75) is 32.7 Å². The third-order valence-electron chi connectivity index (χ3n) is 3.46. The molecule has 0 fully saturated rings. The number of anilines is 1. The SMILES string of the molecule is CCCCCNc1ccn(Cc2ccc(Cl)cc2Cl)c(=O)c1. The van der Waals surface area contributed by atoms with Crippen LogP contribution >= 0.6 is 23.2 Å². The molecule has 0 atom stereocenters. The Bertz CT molecular complexity index is 683. The van der Waals surface area contributed by atoms with E-state index in [4.69, 9.17) is 23.2 Å². The zero-order valence-corrected chi connectivity index (χ0v) is 14.1. The van der Waals surface area contributed by atoms with Gasteiger partial charge < -0.3 is 9.88 Å². The van der Waals surface area contributed by atoms with E-state index >= 15 is 0 Å². The molecule has 2 rings (SSSR count). The molecule has 0 spiro atoms. The zero-order valence-electron chi connectivity index (χ0n) is 12.6. The highest BCUT2D eigenvalue weighted by molar-refractivity contribution is 6.35. The minimum Gasteiger partial charge on any atom is -0.385 e. The van der Waals surface area contributed by atoms with Crippen LogP contribution in [0.4, 0.5) is 5.69 Å². The maximum Gasteiger partial charge on any atom is 0.252 e. The number of rotatable bonds is 7. The van der Waals surface area contributed by atoms with E-state index in [1.807, 2.05) is 12.1 Å². The van der Waals surface area contributed by atoms with Crippen LogP contribution in [0.1, 0.15) is 31.7 Å². The second kappa shape index (κ2) is 8.25. The molecule has 118 valence electrons. The molecule has 0 aliphatic carbocycles. The maximum atomic E-state index is 12.2. The molecular weight excluding hydrogens is 319 g/mol. The van der Waals surface area contributed by atoms with Crippen molar-refractivity contribution in [1.82, 2.24) is 4.57 Å². The molecule has 22 heavy (non-hydrogen) atoms. The Balaban J connectivity index is 2.05. The summed E-state index contributed by atoms with van der Waals surface area (Å²) in [4.78, 5) is 12.2. The highest BCUT2D eigenvalue weighted by atomic mass is 35.5. The van der Waals surface area contributed by atoms with E-state index in [1.54, 1.807) is 29.0 Å². The lowest BCUT2D eigenvalue weighted by molar-refractivity contribution is 0.740. The summed E-state index contributed by atoms with van der Waals surface area (Å²) in [7, 11) is 0. The van der Waals surface area contributed by atoms with Gasteiger partial charge in [0.15, 0.2) is 0 Å². The number of unbranched alkanes of at least 4 members (excludes halogenated alkanes) is 2. The minimum absolute atomic E-state index is 0.0495. The summed E-state index contributed by atoms with van der Waals surface area (Å²) in [5.74, 6) is 0. The Labute approximate surface area is 140 Å². The molecule has 0 amide bonds. The topological polar surface area (TPSA) is 34.0 Å². The first-order chi connectivity index (χ1) is 10.6. The summed E-state index contributed by atoms with van der Waals surface area (Å²) in [5, 5.41) is 4.43. The molecule has 1 N–H and O–H groups in total. The molecule has 5 heteroatoms. The largest absolute Gasteiger partial charge is 0.385 e. The molecular formula is C17H20Cl2N2O. The van der Waals surface area contributed by atoms with Crippen LogP contribution in [0.2, 0.25) is 10.0 Å². The van der Waals surface area contributed by atoms with Gasteiger partial charge in [-0.05, 0) is 30.2 Å². The number of pyridine rings is 1. The van der Waals surface area contributed by atoms with E-state index in [0.717, 1.165) is 24.2 Å². The van der Waals surface area contributed by atoms with Crippen molar-refractivity contribution >= 4 is 28.9 Å². The smallest absolute Gasteiger partial charge is 0.252 e. The molecule has 3 nitrogen and oxygen atoms in total. The molecule has 0 unspecified atom stereocenters. The van der Waals surface area contributed by atoms with Gasteiger partial charge in [0, 0.05) is 34.5 Å². The molecule has 1 aromatic heterocycles. The molecule has 0 saturated heterocycles. The molecule has 1 heterocycles. The predicted octanol–water partition coefficient (Wildman–Crippen LogP) is 4.81. The monoisotopic (exact) mass is 338 g/mol. The number of aromatic nitrogens is 1. The third-order valence-corrected chi connectivity index (χ3v) is 4.05. The van der Waals surface area contributed by atoms with E-state index in [0.29, 0.717) is 16.6 Å². The van der Waals surface area contributed by atoms with Crippen molar-refractivity contribution < 1.29 is 0 Å². The van der Waals surface area contributed by atoms with Crippen LogP contribution in [0, 0.1) is 0 Å². The predicted molar refractivity (Wildman–Crippen MR) is 94.3 cm³/mol. The first-order valence-electron chi connectivity index (χ1n) is 7.48. The molecule has 0 aliphatic rings. The summed E-state index contributed by atoms with van der Waals surface area (Å²) in [6.45, 7) is 3.49. The van der Waals surface area contributed by atoms with Crippen molar-refractivity contribution in [2.75, 3.05) is 11.9 Å². The number of hydrogen-bond acceptors (Lipinski definition) is 2. The zero-order chi connectivity index (χ0) is 15.9. The minimum atomic E-state index is -0.0495. The molecule has 0 bridgehead atoms. The fourth-order valence-electron chi connectivity index (χ4n) is 2.19. The van der Waals surface area contributed by atoms with Crippen LogP contribution in [0.25, 0.3) is 0 Å². The van der Waals surface area contributed by atoms with Crippen LogP contribution < -0.4 is 10.9 Å². The molecule has 0 radical (unpaired) electrons. The van der Waals surface area contributed by atoms with Crippen LogP contribution in [-0.4, -0.2) is 11.1 Å². The van der Waals surface area contributed by atoms with Gasteiger partial charge in [0.2, 0.25) is 0 Å². The first-order valence-corrected chi connectivity index (χ1v) is 8.24. The van der Waals surface area contributed by atoms with Crippen LogP contribution in [0.15, 0.2) is 41.3 Å². The standard InChI is InChI=1S/C17H20Cl2N2O/c1-2-3-4-8-20-15-7-9-21(17(22)11-15)12-13-5-6-14(18)10-16(13)19/h5-7,9-11,20H,2-4,8,12H2,1H3. The van der Waals surface area contributed by atoms with Gasteiger partial charge in [-0.3, -0.25) is 4.79 Å². The number of halogens is 2. The van der Waals surface area contributed by atoms with Crippen molar-refractivity contribution in [3.63, 3.8) is 0 Å². The van der Waals surface area contributed by atoms with Gasteiger partial charge >= 0.3 is 0 Å². The molecule has 0 aliphatic heterocycles. The van der Waals surface area contributed by atoms with E-state index in [-0.39, 0.29) is 5.56 Å². The van der Waals surface area contributed by atoms with Crippen molar-refractivity contribution in [1.29, 1.82) is 0 Å². The summed E-state index contributed by atoms with van der Waals surface area (Å²) < 4.78 is 1.63. The van der Waals surface area contributed by atoms with Gasteiger partial charge in [-0.1, -0.05) is 49.0 Å². The Kier molecular flexibility index (Phi) is 6.34. The molecule has 1 aromatic carbocycles. The quantitative estimate of drug-likeness (QED) is 0.735.